The van der Waals surface area contributed by atoms with Gasteiger partial charge >= 0.3 is 0 Å². The van der Waals surface area contributed by atoms with Crippen LogP contribution in [0.1, 0.15) is 0 Å². The maximum Gasteiger partial charge on any atom is 0.296 e. The van der Waals surface area contributed by atoms with Gasteiger partial charge in [0.25, 0.3) is 10.1 Å². The second-order valence-corrected chi connectivity index (χ2v) is 6.17. The molecule has 1 rings (SSSR count). The highest BCUT2D eigenvalue weighted by atomic mass is 35.5. The molecule has 0 amide bonds. The van der Waals surface area contributed by atoms with Crippen LogP contribution >= 0.6 is 11.6 Å². The Labute approximate surface area is 96.8 Å². The quantitative estimate of drug-likeness (QED) is 0.508. The molecule has 0 spiro atoms. The molecule has 0 radical (unpaired) electrons. The third-order valence-corrected chi connectivity index (χ3v) is 3.93. The second kappa shape index (κ2) is 3.86. The molecule has 0 bridgehead atoms. The number of primary sulfonamides is 1. The fourth-order valence-electron chi connectivity index (χ4n) is 0.994. The number of nitrogens with two attached hydrogens (primary N) is 2. The predicted octanol–water partition coefficient (Wildman–Crippen LogP) is -0.184. The van der Waals surface area contributed by atoms with E-state index in [-0.39, 0.29) is 5.69 Å². The van der Waals surface area contributed by atoms with E-state index in [9.17, 15) is 16.8 Å². The minimum atomic E-state index is -4.64. The summed E-state index contributed by atoms with van der Waals surface area (Å²) in [5.41, 5.74) is 4.99. The van der Waals surface area contributed by atoms with Gasteiger partial charge in [-0.05, 0) is 12.1 Å². The molecule has 0 saturated carbocycles. The van der Waals surface area contributed by atoms with E-state index in [1.165, 1.54) is 0 Å². The van der Waals surface area contributed by atoms with Crippen LogP contribution in [-0.2, 0) is 20.1 Å². The number of anilines is 1. The van der Waals surface area contributed by atoms with Gasteiger partial charge in [-0.3, -0.25) is 4.55 Å². The van der Waals surface area contributed by atoms with E-state index >= 15 is 0 Å². The van der Waals surface area contributed by atoms with E-state index in [0.29, 0.717) is 6.07 Å². The normalized spacial score (nSPS) is 12.7. The van der Waals surface area contributed by atoms with E-state index in [1.54, 1.807) is 0 Å². The molecular weight excluding hydrogens is 280 g/mol. The summed E-state index contributed by atoms with van der Waals surface area (Å²) in [6.07, 6.45) is 0. The fourth-order valence-corrected chi connectivity index (χ4v) is 2.78. The molecule has 0 aromatic heterocycles. The topological polar surface area (TPSA) is 141 Å². The van der Waals surface area contributed by atoms with Gasteiger partial charge < -0.3 is 5.73 Å². The van der Waals surface area contributed by atoms with Gasteiger partial charge in [0.15, 0.2) is 0 Å². The summed E-state index contributed by atoms with van der Waals surface area (Å²) in [6, 6.07) is 1.48. The molecule has 5 N–H and O–H groups in total. The van der Waals surface area contributed by atoms with Crippen LogP contribution in [-0.4, -0.2) is 21.4 Å². The minimum Gasteiger partial charge on any atom is -0.398 e. The smallest absolute Gasteiger partial charge is 0.296 e. The van der Waals surface area contributed by atoms with Crippen LogP contribution in [0.5, 0.6) is 0 Å². The zero-order chi connectivity index (χ0) is 12.7. The maximum atomic E-state index is 11.0. The maximum absolute atomic E-state index is 11.0. The van der Waals surface area contributed by atoms with Crippen LogP contribution < -0.4 is 10.9 Å². The number of benzene rings is 1. The average molecular weight is 287 g/mol. The summed E-state index contributed by atoms with van der Waals surface area (Å²) in [5, 5.41) is 4.40. The molecule has 1 aromatic carbocycles. The summed E-state index contributed by atoms with van der Waals surface area (Å²) in [7, 11) is -8.83. The molecule has 0 aliphatic rings. The first-order chi connectivity index (χ1) is 7.03. The summed E-state index contributed by atoms with van der Waals surface area (Å²) >= 11 is 5.48. The van der Waals surface area contributed by atoms with Crippen LogP contribution in [0.25, 0.3) is 0 Å². The van der Waals surface area contributed by atoms with Crippen LogP contribution in [0.3, 0.4) is 0 Å². The summed E-state index contributed by atoms with van der Waals surface area (Å²) < 4.78 is 52.5. The molecule has 0 saturated heterocycles. The van der Waals surface area contributed by atoms with Gasteiger partial charge in [-0.2, -0.15) is 8.42 Å². The molecular formula is C6H7ClN2O5S2. The lowest BCUT2D eigenvalue weighted by Crippen LogP contribution is -2.15. The van der Waals surface area contributed by atoms with Gasteiger partial charge in [-0.25, -0.2) is 13.6 Å². The molecule has 90 valence electrons. The van der Waals surface area contributed by atoms with Crippen molar-refractivity contribution in [2.75, 3.05) is 5.73 Å². The standard InChI is InChI=1S/C6H7ClN2O5S2/c7-3-1-4(8)6(15(9,10)11)2-5(3)16(12,13)14/h1-2H,8H2,(H2,9,10,11)(H,12,13,14). The van der Waals surface area contributed by atoms with E-state index in [0.717, 1.165) is 6.07 Å². The molecule has 16 heavy (non-hydrogen) atoms. The Morgan fingerprint density at radius 1 is 1.12 bits per heavy atom. The molecule has 0 atom stereocenters. The van der Waals surface area contributed by atoms with Crippen molar-refractivity contribution in [3.8, 4) is 0 Å². The predicted molar refractivity (Wildman–Crippen MR) is 57.1 cm³/mol. The van der Waals surface area contributed by atoms with Gasteiger partial charge in [0.05, 0.1) is 10.7 Å². The monoisotopic (exact) mass is 286 g/mol. The molecule has 10 heteroatoms. The lowest BCUT2D eigenvalue weighted by molar-refractivity contribution is 0.483. The number of sulfonamides is 1. The van der Waals surface area contributed by atoms with Crippen molar-refractivity contribution < 1.29 is 21.4 Å². The van der Waals surface area contributed by atoms with Gasteiger partial charge in [0.2, 0.25) is 10.0 Å². The SMILES string of the molecule is Nc1cc(Cl)c(S(=O)(=O)O)cc1S(N)(=O)=O. The average Bonchev–Trinajstić information content (AvgIpc) is 1.97. The number of halogens is 1. The highest BCUT2D eigenvalue weighted by Crippen LogP contribution is 2.28. The van der Waals surface area contributed by atoms with Crippen LogP contribution in [0.2, 0.25) is 5.02 Å². The van der Waals surface area contributed by atoms with E-state index < -0.39 is 35.0 Å². The fraction of sp³-hybridized carbons (Fsp3) is 0. The Morgan fingerprint density at radius 2 is 1.62 bits per heavy atom. The molecule has 1 aromatic rings. The number of hydrogen-bond acceptors (Lipinski definition) is 5. The Bertz CT molecular complexity index is 584. The van der Waals surface area contributed by atoms with E-state index in [4.69, 9.17) is 27.0 Å². The molecule has 0 aliphatic heterocycles. The van der Waals surface area contributed by atoms with Crippen molar-refractivity contribution in [3.05, 3.63) is 17.2 Å². The zero-order valence-electron chi connectivity index (χ0n) is 7.58. The Kier molecular flexibility index (Phi) is 3.18. The highest BCUT2D eigenvalue weighted by Gasteiger charge is 2.21. The summed E-state index contributed by atoms with van der Waals surface area (Å²) in [5.74, 6) is 0. The summed E-state index contributed by atoms with van der Waals surface area (Å²) in [6.45, 7) is 0. The third kappa shape index (κ3) is 2.62. The lowest BCUT2D eigenvalue weighted by Gasteiger charge is -2.07. The van der Waals surface area contributed by atoms with Gasteiger partial charge in [0.1, 0.15) is 9.79 Å². The number of rotatable bonds is 2. The number of nitrogen functional groups attached to an aromatic ring is 1. The van der Waals surface area contributed by atoms with Gasteiger partial charge in [0, 0.05) is 0 Å². The zero-order valence-corrected chi connectivity index (χ0v) is 9.97. The molecule has 0 heterocycles. The molecule has 7 nitrogen and oxygen atoms in total. The van der Waals surface area contributed by atoms with E-state index in [2.05, 4.69) is 0 Å². The summed E-state index contributed by atoms with van der Waals surface area (Å²) in [4.78, 5) is -1.39. The second-order valence-electron chi connectivity index (χ2n) is 2.84. The van der Waals surface area contributed by atoms with Crippen molar-refractivity contribution in [1.29, 1.82) is 0 Å². The Balaban J connectivity index is 3.72. The molecule has 0 aliphatic carbocycles. The largest absolute Gasteiger partial charge is 0.398 e. The van der Waals surface area contributed by atoms with Crippen LogP contribution in [0.15, 0.2) is 21.9 Å². The van der Waals surface area contributed by atoms with Crippen molar-refractivity contribution in [2.24, 2.45) is 5.14 Å². The van der Waals surface area contributed by atoms with Gasteiger partial charge in [-0.15, -0.1) is 0 Å². The highest BCUT2D eigenvalue weighted by molar-refractivity contribution is 7.89. The number of hydrogen-bond donors (Lipinski definition) is 3. The first kappa shape index (κ1) is 13.2. The van der Waals surface area contributed by atoms with Crippen molar-refractivity contribution >= 4 is 37.4 Å². The van der Waals surface area contributed by atoms with E-state index in [1.807, 2.05) is 0 Å². The van der Waals surface area contributed by atoms with Crippen LogP contribution in [0, 0.1) is 0 Å². The van der Waals surface area contributed by atoms with Gasteiger partial charge in [-0.1, -0.05) is 11.6 Å². The Morgan fingerprint density at radius 3 is 2.00 bits per heavy atom. The first-order valence-corrected chi connectivity index (χ1v) is 6.99. The van der Waals surface area contributed by atoms with Crippen molar-refractivity contribution in [1.82, 2.24) is 0 Å². The first-order valence-electron chi connectivity index (χ1n) is 3.63. The third-order valence-electron chi connectivity index (χ3n) is 1.65. The lowest BCUT2D eigenvalue weighted by atomic mass is 10.3. The minimum absolute atomic E-state index is 0.306. The van der Waals surface area contributed by atoms with Crippen molar-refractivity contribution in [2.45, 2.75) is 9.79 Å². The molecule has 0 unspecified atom stereocenters. The van der Waals surface area contributed by atoms with Crippen molar-refractivity contribution in [3.63, 3.8) is 0 Å². The molecule has 0 fully saturated rings. The van der Waals surface area contributed by atoms with Crippen LogP contribution in [0.4, 0.5) is 5.69 Å². The Hall–Kier alpha value is -0.870.